The molecule has 0 unspecified atom stereocenters. The average Bonchev–Trinajstić information content (AvgIpc) is 3.40. The van der Waals surface area contributed by atoms with Gasteiger partial charge in [0.1, 0.15) is 5.82 Å². The van der Waals surface area contributed by atoms with Crippen molar-refractivity contribution < 1.29 is 14.3 Å². The van der Waals surface area contributed by atoms with Gasteiger partial charge in [-0.05, 0) is 42.0 Å². The molecule has 0 atom stereocenters. The largest absolute Gasteiger partial charge is 0.454 e. The minimum absolute atomic E-state index is 0.209. The highest BCUT2D eigenvalue weighted by atomic mass is 16.7. The molecule has 0 fully saturated rings. The summed E-state index contributed by atoms with van der Waals surface area (Å²) < 4.78 is 10.8. The van der Waals surface area contributed by atoms with Crippen LogP contribution in [0, 0.1) is 0 Å². The first-order valence-corrected chi connectivity index (χ1v) is 8.10. The van der Waals surface area contributed by atoms with Crippen molar-refractivity contribution in [3.8, 4) is 22.6 Å². The minimum atomic E-state index is -0.209. The zero-order valence-electron chi connectivity index (χ0n) is 13.6. The Kier molecular flexibility index (Phi) is 3.18. The Balaban J connectivity index is 1.44. The molecule has 2 aromatic heterocycles. The number of fused-ring (bicyclic) bond motifs is 2. The van der Waals surface area contributed by atoms with Gasteiger partial charge in [0, 0.05) is 28.2 Å². The second-order valence-electron chi connectivity index (χ2n) is 5.96. The van der Waals surface area contributed by atoms with Gasteiger partial charge in [0.15, 0.2) is 11.5 Å². The fraction of sp³-hybridized carbons (Fsp3) is 0.0526. The van der Waals surface area contributed by atoms with E-state index < -0.39 is 0 Å². The number of aromatic amines is 2. The third-order valence-corrected chi connectivity index (χ3v) is 4.38. The summed E-state index contributed by atoms with van der Waals surface area (Å²) >= 11 is 0. The smallest absolute Gasteiger partial charge is 0.256 e. The summed E-state index contributed by atoms with van der Waals surface area (Å²) in [5.41, 5.74) is 3.21. The molecule has 4 aromatic rings. The van der Waals surface area contributed by atoms with E-state index >= 15 is 0 Å². The number of amides is 1. The van der Waals surface area contributed by atoms with Crippen molar-refractivity contribution in [3.63, 3.8) is 0 Å². The van der Waals surface area contributed by atoms with E-state index in [2.05, 4.69) is 20.5 Å². The first kappa shape index (κ1) is 14.6. The average molecular weight is 346 g/mol. The second-order valence-corrected chi connectivity index (χ2v) is 5.96. The highest BCUT2D eigenvalue weighted by Gasteiger charge is 2.17. The van der Waals surface area contributed by atoms with Crippen molar-refractivity contribution in [2.45, 2.75) is 0 Å². The topological polar surface area (TPSA) is 92.0 Å². The van der Waals surface area contributed by atoms with Gasteiger partial charge in [-0.25, -0.2) is 0 Å². The van der Waals surface area contributed by atoms with E-state index in [9.17, 15) is 4.79 Å². The van der Waals surface area contributed by atoms with Crippen molar-refractivity contribution in [1.82, 2.24) is 15.2 Å². The number of hydrogen-bond donors (Lipinski definition) is 3. The molecular formula is C19H14N4O3. The van der Waals surface area contributed by atoms with E-state index in [1.54, 1.807) is 12.3 Å². The highest BCUT2D eigenvalue weighted by Crippen LogP contribution is 2.37. The van der Waals surface area contributed by atoms with Crippen LogP contribution in [0.1, 0.15) is 10.4 Å². The Bertz CT molecular complexity index is 1130. The summed E-state index contributed by atoms with van der Waals surface area (Å²) in [6, 6.07) is 13.1. The predicted molar refractivity (Wildman–Crippen MR) is 96.4 cm³/mol. The van der Waals surface area contributed by atoms with Crippen LogP contribution in [0.2, 0.25) is 0 Å². The molecule has 0 aliphatic carbocycles. The molecule has 128 valence electrons. The molecule has 0 bridgehead atoms. The number of nitrogens with one attached hydrogen (secondary N) is 3. The lowest BCUT2D eigenvalue weighted by atomic mass is 10.1. The SMILES string of the molecule is O=C(Nc1[nH]ncc1-c1ccc2c(c1)OCO2)c1ccc2[nH]ccc2c1. The van der Waals surface area contributed by atoms with Crippen molar-refractivity contribution in [1.29, 1.82) is 0 Å². The van der Waals surface area contributed by atoms with E-state index in [0.29, 0.717) is 22.9 Å². The van der Waals surface area contributed by atoms with Gasteiger partial charge >= 0.3 is 0 Å². The molecule has 1 aliphatic heterocycles. The van der Waals surface area contributed by atoms with Gasteiger partial charge in [-0.3, -0.25) is 9.89 Å². The second kappa shape index (κ2) is 5.66. The van der Waals surface area contributed by atoms with Crippen LogP contribution in [-0.2, 0) is 0 Å². The normalized spacial score (nSPS) is 12.5. The fourth-order valence-corrected chi connectivity index (χ4v) is 3.04. The van der Waals surface area contributed by atoms with Crippen LogP contribution < -0.4 is 14.8 Å². The van der Waals surface area contributed by atoms with Crippen molar-refractivity contribution >= 4 is 22.6 Å². The number of carbonyl (C=O) groups excluding carboxylic acids is 1. The van der Waals surface area contributed by atoms with E-state index in [4.69, 9.17) is 9.47 Å². The number of ether oxygens (including phenoxy) is 2. The molecule has 1 aliphatic rings. The Labute approximate surface area is 147 Å². The number of nitrogens with zero attached hydrogens (tertiary/aromatic N) is 1. The van der Waals surface area contributed by atoms with Crippen molar-refractivity contribution in [3.05, 3.63) is 60.4 Å². The molecule has 0 saturated heterocycles. The summed E-state index contributed by atoms with van der Waals surface area (Å²) in [6.45, 7) is 0.218. The van der Waals surface area contributed by atoms with Crippen LogP contribution in [0.5, 0.6) is 11.5 Å². The van der Waals surface area contributed by atoms with E-state index in [-0.39, 0.29) is 12.7 Å². The first-order chi connectivity index (χ1) is 12.8. The maximum Gasteiger partial charge on any atom is 0.256 e. The molecule has 26 heavy (non-hydrogen) atoms. The number of H-pyrrole nitrogens is 2. The maximum absolute atomic E-state index is 12.6. The standard InChI is InChI=1S/C19H14N4O3/c24-19(13-1-3-15-12(7-13)5-6-20-15)22-18-14(9-21-23-18)11-2-4-16-17(8-11)26-10-25-16/h1-9,20H,10H2,(H2,21,22,23,24). The van der Waals surface area contributed by atoms with Crippen LogP contribution in [0.3, 0.4) is 0 Å². The van der Waals surface area contributed by atoms with Crippen LogP contribution in [0.4, 0.5) is 5.82 Å². The number of carbonyl (C=O) groups is 1. The summed E-state index contributed by atoms with van der Waals surface area (Å²) in [5, 5.41) is 10.8. The lowest BCUT2D eigenvalue weighted by molar-refractivity contribution is 0.102. The number of benzene rings is 2. The van der Waals surface area contributed by atoms with Crippen LogP contribution in [0.15, 0.2) is 54.9 Å². The molecule has 0 radical (unpaired) electrons. The molecule has 7 nitrogen and oxygen atoms in total. The molecule has 1 amide bonds. The van der Waals surface area contributed by atoms with Crippen LogP contribution >= 0.6 is 0 Å². The molecule has 3 heterocycles. The van der Waals surface area contributed by atoms with Crippen molar-refractivity contribution in [2.75, 3.05) is 12.1 Å². The number of hydrogen-bond acceptors (Lipinski definition) is 4. The zero-order chi connectivity index (χ0) is 17.5. The van der Waals surface area contributed by atoms with Gasteiger partial charge in [0.05, 0.1) is 6.20 Å². The Morgan fingerprint density at radius 1 is 1.08 bits per heavy atom. The third kappa shape index (κ3) is 2.37. The van der Waals surface area contributed by atoms with Crippen LogP contribution in [-0.4, -0.2) is 27.9 Å². The quantitative estimate of drug-likeness (QED) is 0.529. The number of rotatable bonds is 3. The van der Waals surface area contributed by atoms with E-state index in [1.165, 1.54) is 0 Å². The van der Waals surface area contributed by atoms with Gasteiger partial charge in [-0.15, -0.1) is 0 Å². The van der Waals surface area contributed by atoms with E-state index in [1.807, 2.05) is 42.6 Å². The molecule has 2 aromatic carbocycles. The Morgan fingerprint density at radius 2 is 2.00 bits per heavy atom. The highest BCUT2D eigenvalue weighted by molar-refractivity contribution is 6.07. The molecule has 0 spiro atoms. The third-order valence-electron chi connectivity index (χ3n) is 4.38. The van der Waals surface area contributed by atoms with Gasteiger partial charge in [0.25, 0.3) is 5.91 Å². The summed E-state index contributed by atoms with van der Waals surface area (Å²) in [6.07, 6.45) is 3.52. The molecular weight excluding hydrogens is 332 g/mol. The Morgan fingerprint density at radius 3 is 2.96 bits per heavy atom. The number of aromatic nitrogens is 3. The van der Waals surface area contributed by atoms with E-state index in [0.717, 1.165) is 22.0 Å². The van der Waals surface area contributed by atoms with Gasteiger partial charge in [-0.2, -0.15) is 5.10 Å². The molecule has 7 heteroatoms. The maximum atomic E-state index is 12.6. The summed E-state index contributed by atoms with van der Waals surface area (Å²) in [7, 11) is 0. The molecule has 3 N–H and O–H groups in total. The molecule has 0 saturated carbocycles. The van der Waals surface area contributed by atoms with Gasteiger partial charge in [-0.1, -0.05) is 6.07 Å². The predicted octanol–water partition coefficient (Wildman–Crippen LogP) is 3.54. The minimum Gasteiger partial charge on any atom is -0.454 e. The van der Waals surface area contributed by atoms with Crippen molar-refractivity contribution in [2.24, 2.45) is 0 Å². The fourth-order valence-electron chi connectivity index (χ4n) is 3.04. The van der Waals surface area contributed by atoms with Crippen LogP contribution in [0.25, 0.3) is 22.0 Å². The lowest BCUT2D eigenvalue weighted by Gasteiger charge is -2.07. The monoisotopic (exact) mass is 346 g/mol. The number of anilines is 1. The summed E-state index contributed by atoms with van der Waals surface area (Å²) in [4.78, 5) is 15.7. The zero-order valence-corrected chi connectivity index (χ0v) is 13.6. The lowest BCUT2D eigenvalue weighted by Crippen LogP contribution is -2.12. The summed E-state index contributed by atoms with van der Waals surface area (Å²) in [5.74, 6) is 1.71. The van der Waals surface area contributed by atoms with Gasteiger partial charge < -0.3 is 19.8 Å². The Hall–Kier alpha value is -3.74. The first-order valence-electron chi connectivity index (χ1n) is 8.10. The molecule has 5 rings (SSSR count). The van der Waals surface area contributed by atoms with Gasteiger partial charge in [0.2, 0.25) is 6.79 Å².